The Hall–Kier alpha value is -4.47. The van der Waals surface area contributed by atoms with E-state index in [1.807, 2.05) is 29.7 Å². The molecule has 0 amide bonds. The minimum absolute atomic E-state index is 0.920. The highest BCUT2D eigenvalue weighted by molar-refractivity contribution is 7.26. The van der Waals surface area contributed by atoms with Gasteiger partial charge in [-0.15, -0.1) is 11.3 Å². The third-order valence-electron chi connectivity index (χ3n) is 7.12. The first-order chi connectivity index (χ1) is 17.8. The topological polar surface area (TPSA) is 26.0 Å². The van der Waals surface area contributed by atoms with E-state index in [-0.39, 0.29) is 0 Å². The van der Waals surface area contributed by atoms with Crippen molar-refractivity contribution in [1.82, 2.24) is 4.98 Å². The molecule has 0 radical (unpaired) electrons. The Kier molecular flexibility index (Phi) is 4.13. The molecule has 3 heteroatoms. The first-order valence-corrected chi connectivity index (χ1v) is 12.9. The molecule has 0 aliphatic heterocycles. The molecule has 0 spiro atoms. The standard InChI is InChI=1S/C33H19NOS/c1-3-13-29-24(9-1)25-12-6-11-23(33(25)35-29)22-8-5-7-20(17-22)21-15-16-26-28(18-21)34-19-31-32(26)27-10-2-4-14-30(27)36-31/h1-19H. The van der Waals surface area contributed by atoms with Crippen molar-refractivity contribution >= 4 is 64.4 Å². The molecular formula is C33H19NOS. The number of rotatable bonds is 2. The van der Waals surface area contributed by atoms with Crippen molar-refractivity contribution in [1.29, 1.82) is 0 Å². The summed E-state index contributed by atoms with van der Waals surface area (Å²) < 4.78 is 8.84. The molecule has 3 heterocycles. The number of benzene rings is 5. The van der Waals surface area contributed by atoms with E-state index in [0.29, 0.717) is 0 Å². The monoisotopic (exact) mass is 477 g/mol. The van der Waals surface area contributed by atoms with Crippen LogP contribution in [0.2, 0.25) is 0 Å². The molecule has 8 rings (SSSR count). The molecule has 168 valence electrons. The van der Waals surface area contributed by atoms with E-state index in [4.69, 9.17) is 9.40 Å². The summed E-state index contributed by atoms with van der Waals surface area (Å²) in [4.78, 5) is 4.83. The second kappa shape index (κ2) is 7.51. The van der Waals surface area contributed by atoms with Gasteiger partial charge in [0.15, 0.2) is 0 Å². The van der Waals surface area contributed by atoms with Gasteiger partial charge in [-0.3, -0.25) is 4.98 Å². The van der Waals surface area contributed by atoms with Gasteiger partial charge in [-0.2, -0.15) is 0 Å². The van der Waals surface area contributed by atoms with Crippen molar-refractivity contribution in [2.45, 2.75) is 0 Å². The van der Waals surface area contributed by atoms with Crippen LogP contribution in [0.4, 0.5) is 0 Å². The van der Waals surface area contributed by atoms with E-state index >= 15 is 0 Å². The third-order valence-corrected chi connectivity index (χ3v) is 8.23. The molecule has 0 aliphatic rings. The van der Waals surface area contributed by atoms with Gasteiger partial charge in [0.2, 0.25) is 0 Å². The van der Waals surface area contributed by atoms with Crippen LogP contribution in [0.15, 0.2) is 120 Å². The lowest BCUT2D eigenvalue weighted by Crippen LogP contribution is -1.85. The number of nitrogens with zero attached hydrogens (tertiary/aromatic N) is 1. The van der Waals surface area contributed by atoms with Crippen LogP contribution in [0.5, 0.6) is 0 Å². The van der Waals surface area contributed by atoms with Gasteiger partial charge < -0.3 is 4.42 Å². The van der Waals surface area contributed by atoms with Crippen LogP contribution in [-0.4, -0.2) is 4.98 Å². The molecule has 2 nitrogen and oxygen atoms in total. The number of thiophene rings is 1. The second-order valence-electron chi connectivity index (χ2n) is 9.19. The molecule has 3 aromatic heterocycles. The van der Waals surface area contributed by atoms with Gasteiger partial charge in [-0.1, -0.05) is 84.9 Å². The van der Waals surface area contributed by atoms with E-state index in [0.717, 1.165) is 44.1 Å². The average molecular weight is 478 g/mol. The maximum Gasteiger partial charge on any atom is 0.143 e. The molecule has 0 N–H and O–H groups in total. The predicted molar refractivity (Wildman–Crippen MR) is 153 cm³/mol. The number of para-hydroxylation sites is 2. The summed E-state index contributed by atoms with van der Waals surface area (Å²) in [5.74, 6) is 0. The lowest BCUT2D eigenvalue weighted by Gasteiger charge is -2.08. The third kappa shape index (κ3) is 2.87. The zero-order chi connectivity index (χ0) is 23.6. The van der Waals surface area contributed by atoms with Crippen molar-refractivity contribution < 1.29 is 4.42 Å². The maximum absolute atomic E-state index is 6.30. The summed E-state index contributed by atoms with van der Waals surface area (Å²) in [5.41, 5.74) is 7.45. The van der Waals surface area contributed by atoms with E-state index in [1.54, 1.807) is 0 Å². The van der Waals surface area contributed by atoms with Gasteiger partial charge in [-0.05, 0) is 41.0 Å². The highest BCUT2D eigenvalue weighted by atomic mass is 32.1. The number of hydrogen-bond acceptors (Lipinski definition) is 3. The minimum Gasteiger partial charge on any atom is -0.455 e. The quantitative estimate of drug-likeness (QED) is 0.248. The molecular weight excluding hydrogens is 458 g/mol. The molecule has 36 heavy (non-hydrogen) atoms. The Bertz CT molecular complexity index is 2110. The fourth-order valence-electron chi connectivity index (χ4n) is 5.43. The van der Waals surface area contributed by atoms with Crippen LogP contribution in [0.25, 0.3) is 75.3 Å². The zero-order valence-corrected chi connectivity index (χ0v) is 20.0. The van der Waals surface area contributed by atoms with Crippen LogP contribution < -0.4 is 0 Å². The molecule has 0 unspecified atom stereocenters. The highest BCUT2D eigenvalue weighted by Gasteiger charge is 2.13. The van der Waals surface area contributed by atoms with Gasteiger partial charge in [0.1, 0.15) is 11.2 Å². The Balaban J connectivity index is 1.29. The summed E-state index contributed by atoms with van der Waals surface area (Å²) in [6.45, 7) is 0. The average Bonchev–Trinajstić information content (AvgIpc) is 3.51. The minimum atomic E-state index is 0.920. The van der Waals surface area contributed by atoms with Gasteiger partial charge in [0.05, 0.1) is 10.2 Å². The van der Waals surface area contributed by atoms with Gasteiger partial charge >= 0.3 is 0 Å². The summed E-state index contributed by atoms with van der Waals surface area (Å²) in [5, 5.41) is 6.11. The summed E-state index contributed by atoms with van der Waals surface area (Å²) in [6.07, 6.45) is 2.02. The Morgan fingerprint density at radius 1 is 0.556 bits per heavy atom. The first-order valence-electron chi connectivity index (χ1n) is 12.0. The SMILES string of the molecule is c1cc(-c2ccc3c(c2)ncc2sc4ccccc4c23)cc(-c2cccc3c2oc2ccccc23)c1. The van der Waals surface area contributed by atoms with Crippen molar-refractivity contribution in [3.63, 3.8) is 0 Å². The predicted octanol–water partition coefficient (Wildman–Crippen LogP) is 9.84. The summed E-state index contributed by atoms with van der Waals surface area (Å²) >= 11 is 1.81. The number of hydrogen-bond donors (Lipinski definition) is 0. The van der Waals surface area contributed by atoms with Crippen LogP contribution in [-0.2, 0) is 0 Å². The first kappa shape index (κ1) is 19.8. The van der Waals surface area contributed by atoms with E-state index in [2.05, 4.69) is 97.1 Å². The summed E-state index contributed by atoms with van der Waals surface area (Å²) in [6, 6.07) is 38.6. The smallest absolute Gasteiger partial charge is 0.143 e. The number of furan rings is 1. The number of fused-ring (bicyclic) bond motifs is 8. The number of pyridine rings is 1. The maximum atomic E-state index is 6.30. The van der Waals surface area contributed by atoms with Crippen molar-refractivity contribution in [2.75, 3.05) is 0 Å². The molecule has 0 fully saturated rings. The van der Waals surface area contributed by atoms with Crippen LogP contribution in [0.3, 0.4) is 0 Å². The lowest BCUT2D eigenvalue weighted by atomic mass is 9.96. The summed E-state index contributed by atoms with van der Waals surface area (Å²) in [7, 11) is 0. The molecule has 0 atom stereocenters. The van der Waals surface area contributed by atoms with Crippen LogP contribution in [0.1, 0.15) is 0 Å². The van der Waals surface area contributed by atoms with Crippen molar-refractivity contribution in [3.05, 3.63) is 115 Å². The van der Waals surface area contributed by atoms with Gasteiger partial charge in [0, 0.05) is 43.4 Å². The van der Waals surface area contributed by atoms with Gasteiger partial charge in [0.25, 0.3) is 0 Å². The molecule has 0 aliphatic carbocycles. The molecule has 5 aromatic carbocycles. The highest BCUT2D eigenvalue weighted by Crippen LogP contribution is 2.40. The fraction of sp³-hybridized carbons (Fsp3) is 0. The van der Waals surface area contributed by atoms with E-state index < -0.39 is 0 Å². The Morgan fingerprint density at radius 3 is 2.31 bits per heavy atom. The lowest BCUT2D eigenvalue weighted by molar-refractivity contribution is 0.670. The van der Waals surface area contributed by atoms with Crippen molar-refractivity contribution in [2.24, 2.45) is 0 Å². The number of aromatic nitrogens is 1. The van der Waals surface area contributed by atoms with E-state index in [1.165, 1.54) is 31.1 Å². The largest absolute Gasteiger partial charge is 0.455 e. The molecule has 8 aromatic rings. The Labute approximate surface area is 211 Å². The van der Waals surface area contributed by atoms with Crippen molar-refractivity contribution in [3.8, 4) is 22.3 Å². The van der Waals surface area contributed by atoms with Crippen LogP contribution >= 0.6 is 11.3 Å². The second-order valence-corrected chi connectivity index (χ2v) is 10.3. The normalized spacial score (nSPS) is 11.9. The van der Waals surface area contributed by atoms with Gasteiger partial charge in [-0.25, -0.2) is 0 Å². The van der Waals surface area contributed by atoms with E-state index in [9.17, 15) is 0 Å². The molecule has 0 saturated carbocycles. The Morgan fingerprint density at radius 2 is 1.33 bits per heavy atom. The molecule has 0 bridgehead atoms. The fourth-order valence-corrected chi connectivity index (χ4v) is 6.52. The zero-order valence-electron chi connectivity index (χ0n) is 19.2. The molecule has 0 saturated heterocycles. The van der Waals surface area contributed by atoms with Crippen LogP contribution in [0, 0.1) is 0 Å².